The Hall–Kier alpha value is -3.48. The molecule has 29 heavy (non-hydrogen) atoms. The number of fused-ring (bicyclic) bond motifs is 1. The Morgan fingerprint density at radius 1 is 1.03 bits per heavy atom. The lowest BCUT2D eigenvalue weighted by Gasteiger charge is -2.17. The Morgan fingerprint density at radius 2 is 1.72 bits per heavy atom. The molecule has 0 saturated carbocycles. The molecule has 2 aromatic rings. The van der Waals surface area contributed by atoms with E-state index in [1.807, 2.05) is 25.1 Å². The van der Waals surface area contributed by atoms with Crippen LogP contribution in [0.15, 0.2) is 42.5 Å². The molecule has 0 saturated heterocycles. The summed E-state index contributed by atoms with van der Waals surface area (Å²) in [4.78, 5) is 50.3. The molecular weight excluding hydrogens is 372 g/mol. The average Bonchev–Trinajstić information content (AvgIpc) is 2.96. The van der Waals surface area contributed by atoms with E-state index in [0.29, 0.717) is 5.69 Å². The quantitative estimate of drug-likeness (QED) is 0.600. The number of rotatable bonds is 6. The summed E-state index contributed by atoms with van der Waals surface area (Å²) in [5.41, 5.74) is 2.18. The number of para-hydroxylation sites is 1. The number of anilines is 1. The predicted octanol–water partition coefficient (Wildman–Crippen LogP) is 3.05. The number of nitrogens with one attached hydrogen (secondary N) is 1. The first-order valence-corrected chi connectivity index (χ1v) is 9.40. The van der Waals surface area contributed by atoms with Crippen molar-refractivity contribution in [2.75, 3.05) is 11.9 Å². The van der Waals surface area contributed by atoms with Gasteiger partial charge >= 0.3 is 5.97 Å². The van der Waals surface area contributed by atoms with E-state index in [1.54, 1.807) is 19.9 Å². The third-order valence-corrected chi connectivity index (χ3v) is 4.68. The van der Waals surface area contributed by atoms with Gasteiger partial charge in [-0.05, 0) is 50.1 Å². The SMILES string of the molecule is CCc1ccccc1NC(=O)COC(=O)c1ccc2c(c1)C(=O)N(C(C)C)C2=O. The van der Waals surface area contributed by atoms with Crippen LogP contribution in [0.2, 0.25) is 0 Å². The summed E-state index contributed by atoms with van der Waals surface area (Å²) >= 11 is 0. The van der Waals surface area contributed by atoms with Crippen molar-refractivity contribution >= 4 is 29.4 Å². The normalized spacial score (nSPS) is 12.9. The standard InChI is InChI=1S/C22H22N2O5/c1-4-14-7-5-6-8-18(14)23-19(25)12-29-22(28)15-9-10-16-17(11-15)21(27)24(13(2)3)20(16)26/h5-11,13H,4,12H2,1-3H3,(H,23,25). The highest BCUT2D eigenvalue weighted by atomic mass is 16.5. The second kappa shape index (κ2) is 8.26. The summed E-state index contributed by atoms with van der Waals surface area (Å²) in [7, 11) is 0. The van der Waals surface area contributed by atoms with Crippen LogP contribution in [0.3, 0.4) is 0 Å². The van der Waals surface area contributed by atoms with Crippen LogP contribution in [0, 0.1) is 0 Å². The minimum Gasteiger partial charge on any atom is -0.452 e. The fourth-order valence-electron chi connectivity index (χ4n) is 3.21. The summed E-state index contributed by atoms with van der Waals surface area (Å²) in [5.74, 6) is -2.02. The van der Waals surface area contributed by atoms with Gasteiger partial charge in [-0.1, -0.05) is 25.1 Å². The summed E-state index contributed by atoms with van der Waals surface area (Å²) in [6.07, 6.45) is 0.755. The van der Waals surface area contributed by atoms with Gasteiger partial charge in [0, 0.05) is 11.7 Å². The van der Waals surface area contributed by atoms with Crippen LogP contribution in [0.25, 0.3) is 0 Å². The third kappa shape index (κ3) is 4.03. The van der Waals surface area contributed by atoms with Gasteiger partial charge in [-0.15, -0.1) is 0 Å². The average molecular weight is 394 g/mol. The fraction of sp³-hybridized carbons (Fsp3) is 0.273. The third-order valence-electron chi connectivity index (χ3n) is 4.68. The lowest BCUT2D eigenvalue weighted by atomic mass is 10.1. The molecule has 0 unspecified atom stereocenters. The van der Waals surface area contributed by atoms with Gasteiger partial charge in [0.15, 0.2) is 6.61 Å². The Bertz CT molecular complexity index is 996. The molecule has 0 radical (unpaired) electrons. The molecule has 2 aromatic carbocycles. The van der Waals surface area contributed by atoms with Crippen LogP contribution in [0.1, 0.15) is 57.4 Å². The van der Waals surface area contributed by atoms with Crippen molar-refractivity contribution < 1.29 is 23.9 Å². The maximum atomic E-state index is 12.4. The topological polar surface area (TPSA) is 92.8 Å². The number of nitrogens with zero attached hydrogens (tertiary/aromatic N) is 1. The molecule has 1 heterocycles. The van der Waals surface area contributed by atoms with E-state index in [2.05, 4.69) is 5.32 Å². The van der Waals surface area contributed by atoms with Crippen molar-refractivity contribution in [3.05, 3.63) is 64.7 Å². The van der Waals surface area contributed by atoms with Gasteiger partial charge in [0.25, 0.3) is 17.7 Å². The van der Waals surface area contributed by atoms with Crippen LogP contribution in [-0.4, -0.2) is 41.2 Å². The molecule has 0 aliphatic carbocycles. The zero-order valence-corrected chi connectivity index (χ0v) is 16.5. The number of hydrogen-bond donors (Lipinski definition) is 1. The second-order valence-corrected chi connectivity index (χ2v) is 6.97. The molecule has 0 bridgehead atoms. The molecule has 1 aliphatic rings. The Balaban J connectivity index is 1.66. The van der Waals surface area contributed by atoms with Crippen molar-refractivity contribution in [1.29, 1.82) is 0 Å². The van der Waals surface area contributed by atoms with E-state index in [9.17, 15) is 19.2 Å². The van der Waals surface area contributed by atoms with E-state index in [4.69, 9.17) is 4.74 Å². The molecule has 1 N–H and O–H groups in total. The lowest BCUT2D eigenvalue weighted by molar-refractivity contribution is -0.119. The smallest absolute Gasteiger partial charge is 0.338 e. The number of aryl methyl sites for hydroxylation is 1. The van der Waals surface area contributed by atoms with Gasteiger partial charge in [0.05, 0.1) is 16.7 Å². The Kier molecular flexibility index (Phi) is 5.77. The summed E-state index contributed by atoms with van der Waals surface area (Å²) in [6, 6.07) is 11.3. The first kappa shape index (κ1) is 20.3. The molecule has 0 atom stereocenters. The molecule has 0 fully saturated rings. The lowest BCUT2D eigenvalue weighted by Crippen LogP contribution is -2.35. The molecular formula is C22H22N2O5. The van der Waals surface area contributed by atoms with Crippen molar-refractivity contribution in [3.8, 4) is 0 Å². The molecule has 0 spiro atoms. The van der Waals surface area contributed by atoms with Gasteiger partial charge < -0.3 is 10.1 Å². The summed E-state index contributed by atoms with van der Waals surface area (Å²) in [6.45, 7) is 5.00. The molecule has 150 valence electrons. The van der Waals surface area contributed by atoms with Crippen LogP contribution in [0.4, 0.5) is 5.69 Å². The van der Waals surface area contributed by atoms with Crippen molar-refractivity contribution in [1.82, 2.24) is 4.90 Å². The largest absolute Gasteiger partial charge is 0.452 e. The zero-order valence-electron chi connectivity index (χ0n) is 16.5. The number of hydrogen-bond acceptors (Lipinski definition) is 5. The fourth-order valence-corrected chi connectivity index (χ4v) is 3.21. The van der Waals surface area contributed by atoms with Crippen LogP contribution in [0.5, 0.6) is 0 Å². The highest BCUT2D eigenvalue weighted by molar-refractivity contribution is 6.22. The van der Waals surface area contributed by atoms with E-state index >= 15 is 0 Å². The number of amides is 3. The maximum Gasteiger partial charge on any atom is 0.338 e. The van der Waals surface area contributed by atoms with Gasteiger partial charge in [-0.3, -0.25) is 19.3 Å². The van der Waals surface area contributed by atoms with E-state index in [-0.39, 0.29) is 28.6 Å². The molecule has 1 aliphatic heterocycles. The van der Waals surface area contributed by atoms with E-state index in [0.717, 1.165) is 16.9 Å². The second-order valence-electron chi connectivity index (χ2n) is 6.97. The van der Waals surface area contributed by atoms with E-state index < -0.39 is 24.4 Å². The zero-order chi connectivity index (χ0) is 21.1. The summed E-state index contributed by atoms with van der Waals surface area (Å²) < 4.78 is 5.07. The Morgan fingerprint density at radius 3 is 2.41 bits per heavy atom. The predicted molar refractivity (Wildman–Crippen MR) is 107 cm³/mol. The minimum atomic E-state index is -0.741. The van der Waals surface area contributed by atoms with Gasteiger partial charge in [0.2, 0.25) is 0 Å². The van der Waals surface area contributed by atoms with Crippen LogP contribution >= 0.6 is 0 Å². The van der Waals surface area contributed by atoms with Crippen molar-refractivity contribution in [3.63, 3.8) is 0 Å². The number of carbonyl (C=O) groups is 4. The Labute approximate surface area is 168 Å². The molecule has 3 amide bonds. The minimum absolute atomic E-state index is 0.109. The monoisotopic (exact) mass is 394 g/mol. The molecule has 7 nitrogen and oxygen atoms in total. The molecule has 0 aromatic heterocycles. The van der Waals surface area contributed by atoms with Gasteiger partial charge in [-0.2, -0.15) is 0 Å². The number of carbonyl (C=O) groups excluding carboxylic acids is 4. The van der Waals surface area contributed by atoms with Gasteiger partial charge in [-0.25, -0.2) is 4.79 Å². The number of imide groups is 1. The first-order valence-electron chi connectivity index (χ1n) is 9.40. The number of esters is 1. The van der Waals surface area contributed by atoms with E-state index in [1.165, 1.54) is 18.2 Å². The number of ether oxygens (including phenoxy) is 1. The van der Waals surface area contributed by atoms with Crippen molar-refractivity contribution in [2.24, 2.45) is 0 Å². The highest BCUT2D eigenvalue weighted by Crippen LogP contribution is 2.26. The molecule has 3 rings (SSSR count). The van der Waals surface area contributed by atoms with Crippen LogP contribution in [-0.2, 0) is 16.0 Å². The highest BCUT2D eigenvalue weighted by Gasteiger charge is 2.37. The molecule has 7 heteroatoms. The number of benzene rings is 2. The van der Waals surface area contributed by atoms with Gasteiger partial charge in [0.1, 0.15) is 0 Å². The summed E-state index contributed by atoms with van der Waals surface area (Å²) in [5, 5.41) is 2.72. The first-order chi connectivity index (χ1) is 13.8. The maximum absolute atomic E-state index is 12.4. The van der Waals surface area contributed by atoms with Crippen molar-refractivity contribution in [2.45, 2.75) is 33.2 Å². The van der Waals surface area contributed by atoms with Crippen LogP contribution < -0.4 is 5.32 Å².